The molecule has 0 saturated carbocycles. The van der Waals surface area contributed by atoms with Gasteiger partial charge in [0.25, 0.3) is 5.91 Å². The van der Waals surface area contributed by atoms with Crippen LogP contribution in [0.25, 0.3) is 5.52 Å². The number of primary amides is 1. The number of alkyl halides is 1. The number of fused-ring (bicyclic) bond motifs is 1. The highest BCUT2D eigenvalue weighted by atomic mass is 19.1. The number of amides is 1. The van der Waals surface area contributed by atoms with Gasteiger partial charge in [-0.15, -0.1) is 5.10 Å². The van der Waals surface area contributed by atoms with E-state index < -0.39 is 18.1 Å². The van der Waals surface area contributed by atoms with E-state index in [1.54, 1.807) is 45.9 Å². The first-order valence-electron chi connectivity index (χ1n) is 7.98. The molecule has 1 amide bonds. The molecule has 5 nitrogen and oxygen atoms in total. The minimum absolute atomic E-state index is 0.0747. The Morgan fingerprint density at radius 3 is 2.84 bits per heavy atom. The van der Waals surface area contributed by atoms with Crippen LogP contribution in [0.4, 0.5) is 14.6 Å². The molecule has 0 radical (unpaired) electrons. The lowest BCUT2D eigenvalue weighted by molar-refractivity contribution is 0.100. The molecule has 1 saturated heterocycles. The van der Waals surface area contributed by atoms with E-state index >= 15 is 0 Å². The Labute approximate surface area is 142 Å². The Hall–Kier alpha value is -2.96. The number of nitrogens with zero attached hydrogens (tertiary/aromatic N) is 3. The Bertz CT molecular complexity index is 955. The summed E-state index contributed by atoms with van der Waals surface area (Å²) >= 11 is 0. The van der Waals surface area contributed by atoms with E-state index in [4.69, 9.17) is 5.73 Å². The van der Waals surface area contributed by atoms with Crippen molar-refractivity contribution in [3.63, 3.8) is 0 Å². The van der Waals surface area contributed by atoms with Crippen LogP contribution in [0.5, 0.6) is 0 Å². The first kappa shape index (κ1) is 15.6. The topological polar surface area (TPSA) is 63.6 Å². The third-order valence-electron chi connectivity index (χ3n) is 4.52. The summed E-state index contributed by atoms with van der Waals surface area (Å²) in [5.41, 5.74) is 7.02. The van der Waals surface area contributed by atoms with Crippen molar-refractivity contribution in [1.29, 1.82) is 0 Å². The van der Waals surface area contributed by atoms with Gasteiger partial charge >= 0.3 is 0 Å². The Morgan fingerprint density at radius 2 is 2.08 bits per heavy atom. The first-order valence-corrected chi connectivity index (χ1v) is 7.98. The van der Waals surface area contributed by atoms with Crippen LogP contribution in [-0.4, -0.2) is 28.2 Å². The average Bonchev–Trinajstić information content (AvgIpc) is 3.15. The third-order valence-corrected chi connectivity index (χ3v) is 4.52. The fourth-order valence-electron chi connectivity index (χ4n) is 3.47. The van der Waals surface area contributed by atoms with E-state index in [1.807, 2.05) is 0 Å². The summed E-state index contributed by atoms with van der Waals surface area (Å²) < 4.78 is 29.4. The van der Waals surface area contributed by atoms with Crippen molar-refractivity contribution in [2.24, 2.45) is 5.73 Å². The summed E-state index contributed by atoms with van der Waals surface area (Å²) in [5, 5.41) is 4.43. The average molecular weight is 342 g/mol. The fourth-order valence-corrected chi connectivity index (χ4v) is 3.47. The second-order valence-electron chi connectivity index (χ2n) is 6.15. The van der Waals surface area contributed by atoms with E-state index in [-0.39, 0.29) is 24.3 Å². The van der Waals surface area contributed by atoms with Gasteiger partial charge in [0.05, 0.1) is 18.1 Å². The van der Waals surface area contributed by atoms with E-state index in [1.165, 1.54) is 12.1 Å². The molecule has 1 aliphatic heterocycles. The van der Waals surface area contributed by atoms with Gasteiger partial charge in [-0.25, -0.2) is 13.3 Å². The second-order valence-corrected chi connectivity index (χ2v) is 6.15. The quantitative estimate of drug-likeness (QED) is 0.796. The van der Waals surface area contributed by atoms with Gasteiger partial charge in [-0.3, -0.25) is 4.79 Å². The van der Waals surface area contributed by atoms with E-state index in [0.717, 1.165) is 0 Å². The molecule has 0 unspecified atom stereocenters. The standard InChI is InChI=1S/C18H16F2N4O/c19-12-5-3-4-11(8-12)15-9-13(20)10-23(15)18-16(17(21)25)14-6-1-2-7-24(14)22-18/h1-8,13,15H,9-10H2,(H2,21,25)/t13-,15+/m0/s1. The van der Waals surface area contributed by atoms with Gasteiger partial charge in [-0.05, 0) is 29.8 Å². The number of pyridine rings is 1. The zero-order chi connectivity index (χ0) is 17.6. The molecule has 1 aliphatic rings. The summed E-state index contributed by atoms with van der Waals surface area (Å²) in [4.78, 5) is 13.7. The second kappa shape index (κ2) is 5.84. The Morgan fingerprint density at radius 1 is 1.24 bits per heavy atom. The molecule has 25 heavy (non-hydrogen) atoms. The van der Waals surface area contributed by atoms with Crippen molar-refractivity contribution >= 4 is 17.2 Å². The monoisotopic (exact) mass is 342 g/mol. The number of carbonyl (C=O) groups excluding carboxylic acids is 1. The zero-order valence-corrected chi connectivity index (χ0v) is 13.3. The molecule has 128 valence electrons. The van der Waals surface area contributed by atoms with Crippen molar-refractivity contribution in [2.75, 3.05) is 11.4 Å². The maximum atomic E-state index is 14.2. The van der Waals surface area contributed by atoms with Crippen LogP contribution in [0, 0.1) is 5.82 Å². The third kappa shape index (κ3) is 2.61. The van der Waals surface area contributed by atoms with Crippen LogP contribution in [0.1, 0.15) is 28.4 Å². The zero-order valence-electron chi connectivity index (χ0n) is 13.3. The molecule has 3 heterocycles. The predicted octanol–water partition coefficient (Wildman–Crippen LogP) is 2.86. The van der Waals surface area contributed by atoms with Crippen molar-refractivity contribution in [2.45, 2.75) is 18.6 Å². The minimum Gasteiger partial charge on any atom is -0.365 e. The molecular weight excluding hydrogens is 326 g/mol. The lowest BCUT2D eigenvalue weighted by Gasteiger charge is -2.25. The minimum atomic E-state index is -1.10. The maximum absolute atomic E-state index is 14.2. The summed E-state index contributed by atoms with van der Waals surface area (Å²) in [6.45, 7) is 0.0747. The van der Waals surface area contributed by atoms with Gasteiger partial charge in [0.1, 0.15) is 17.6 Å². The van der Waals surface area contributed by atoms with Gasteiger partial charge in [0, 0.05) is 12.6 Å². The highest BCUT2D eigenvalue weighted by molar-refractivity contribution is 6.04. The predicted molar refractivity (Wildman–Crippen MR) is 89.7 cm³/mol. The molecule has 2 N–H and O–H groups in total. The number of hydrogen-bond donors (Lipinski definition) is 1. The summed E-state index contributed by atoms with van der Waals surface area (Å²) in [7, 11) is 0. The molecule has 0 spiro atoms. The SMILES string of the molecule is NC(=O)c1c(N2C[C@@H](F)C[C@@H]2c2cccc(F)c2)nn2ccccc12. The van der Waals surface area contributed by atoms with Crippen LogP contribution in [0.15, 0.2) is 48.7 Å². The fraction of sp³-hybridized carbons (Fsp3) is 0.222. The molecule has 1 aromatic carbocycles. The van der Waals surface area contributed by atoms with Crippen LogP contribution in [0.3, 0.4) is 0 Å². The molecule has 3 aromatic rings. The van der Waals surface area contributed by atoms with Gasteiger partial charge in [0.2, 0.25) is 0 Å². The molecule has 0 bridgehead atoms. The highest BCUT2D eigenvalue weighted by Gasteiger charge is 2.37. The number of halogens is 2. The van der Waals surface area contributed by atoms with Crippen molar-refractivity contribution in [3.05, 3.63) is 65.6 Å². The largest absolute Gasteiger partial charge is 0.365 e. The number of benzene rings is 1. The van der Waals surface area contributed by atoms with Crippen molar-refractivity contribution in [1.82, 2.24) is 9.61 Å². The van der Waals surface area contributed by atoms with Gasteiger partial charge in [-0.1, -0.05) is 18.2 Å². The van der Waals surface area contributed by atoms with Crippen LogP contribution < -0.4 is 10.6 Å². The molecule has 7 heteroatoms. The smallest absolute Gasteiger partial charge is 0.254 e. The molecule has 2 atom stereocenters. The van der Waals surface area contributed by atoms with Gasteiger partial charge in [-0.2, -0.15) is 0 Å². The number of anilines is 1. The molecular formula is C18H16F2N4O. The first-order chi connectivity index (χ1) is 12.0. The normalized spacial score (nSPS) is 20.3. The van der Waals surface area contributed by atoms with Gasteiger partial charge in [0.15, 0.2) is 5.82 Å². The van der Waals surface area contributed by atoms with E-state index in [0.29, 0.717) is 16.9 Å². The van der Waals surface area contributed by atoms with E-state index in [2.05, 4.69) is 5.10 Å². The van der Waals surface area contributed by atoms with Crippen molar-refractivity contribution < 1.29 is 13.6 Å². The summed E-state index contributed by atoms with van der Waals surface area (Å²) in [6.07, 6.45) is 0.805. The van der Waals surface area contributed by atoms with Crippen LogP contribution in [-0.2, 0) is 0 Å². The molecule has 2 aromatic heterocycles. The summed E-state index contributed by atoms with van der Waals surface area (Å²) in [5.74, 6) is -0.686. The number of hydrogen-bond acceptors (Lipinski definition) is 3. The van der Waals surface area contributed by atoms with Gasteiger partial charge < -0.3 is 10.6 Å². The Kier molecular flexibility index (Phi) is 3.63. The molecule has 0 aliphatic carbocycles. The van der Waals surface area contributed by atoms with Crippen molar-refractivity contribution in [3.8, 4) is 0 Å². The molecule has 1 fully saturated rings. The highest BCUT2D eigenvalue weighted by Crippen LogP contribution is 2.39. The molecule has 4 rings (SSSR count). The maximum Gasteiger partial charge on any atom is 0.254 e. The lowest BCUT2D eigenvalue weighted by atomic mass is 10.0. The summed E-state index contributed by atoms with van der Waals surface area (Å²) in [6, 6.07) is 10.9. The number of rotatable bonds is 3. The Balaban J connectivity index is 1.86. The number of aromatic nitrogens is 2. The lowest BCUT2D eigenvalue weighted by Crippen LogP contribution is -2.27. The number of carbonyl (C=O) groups is 1. The number of nitrogens with two attached hydrogens (primary N) is 1. The van der Waals surface area contributed by atoms with E-state index in [9.17, 15) is 13.6 Å². The van der Waals surface area contributed by atoms with Crippen LogP contribution in [0.2, 0.25) is 0 Å². The van der Waals surface area contributed by atoms with Crippen LogP contribution >= 0.6 is 0 Å².